The number of nitrogens with one attached hydrogen (secondary N) is 3. The van der Waals surface area contributed by atoms with Gasteiger partial charge in [0.25, 0.3) is 0 Å². The molecule has 0 aromatic rings. The number of carbonyl (C=O) groups is 2. The third-order valence-electron chi connectivity index (χ3n) is 2.20. The highest BCUT2D eigenvalue weighted by atomic mass is 16.6. The van der Waals surface area contributed by atoms with Crippen molar-refractivity contribution in [3.05, 3.63) is 0 Å². The van der Waals surface area contributed by atoms with Crippen molar-refractivity contribution in [1.82, 2.24) is 16.0 Å². The Hall–Kier alpha value is -1.30. The summed E-state index contributed by atoms with van der Waals surface area (Å²) >= 11 is 0. The quantitative estimate of drug-likeness (QED) is 0.601. The zero-order valence-corrected chi connectivity index (χ0v) is 11.3. The molecule has 1 aliphatic carbocycles. The summed E-state index contributed by atoms with van der Waals surface area (Å²) in [5, 5.41) is 8.44. The average Bonchev–Trinajstić information content (AvgIpc) is 2.98. The van der Waals surface area contributed by atoms with Crippen molar-refractivity contribution in [3.63, 3.8) is 0 Å². The minimum atomic E-state index is -0.484. The van der Waals surface area contributed by atoms with E-state index in [1.807, 2.05) is 20.8 Å². The van der Waals surface area contributed by atoms with Crippen LogP contribution >= 0.6 is 0 Å². The van der Waals surface area contributed by atoms with Gasteiger partial charge >= 0.3 is 6.09 Å². The zero-order valence-electron chi connectivity index (χ0n) is 11.3. The van der Waals surface area contributed by atoms with Crippen molar-refractivity contribution >= 4 is 12.0 Å². The first-order valence-electron chi connectivity index (χ1n) is 6.34. The van der Waals surface area contributed by atoms with Crippen molar-refractivity contribution in [2.75, 3.05) is 19.6 Å². The second-order valence-corrected chi connectivity index (χ2v) is 5.45. The van der Waals surface area contributed by atoms with E-state index in [1.165, 1.54) is 0 Å². The largest absolute Gasteiger partial charge is 0.444 e. The van der Waals surface area contributed by atoms with E-state index in [0.29, 0.717) is 19.1 Å². The summed E-state index contributed by atoms with van der Waals surface area (Å²) in [5.74, 6) is 0.00904. The lowest BCUT2D eigenvalue weighted by molar-refractivity contribution is -0.120. The van der Waals surface area contributed by atoms with Crippen LogP contribution in [-0.4, -0.2) is 43.3 Å². The minimum absolute atomic E-state index is 0.00904. The first-order chi connectivity index (χ1) is 8.37. The molecular formula is C12H23N3O3. The summed E-state index contributed by atoms with van der Waals surface area (Å²) in [6, 6.07) is 0.388. The van der Waals surface area contributed by atoms with Crippen molar-refractivity contribution in [2.45, 2.75) is 45.3 Å². The molecule has 0 aromatic carbocycles. The number of rotatable bonds is 6. The highest BCUT2D eigenvalue weighted by Crippen LogP contribution is 2.18. The van der Waals surface area contributed by atoms with Crippen LogP contribution in [-0.2, 0) is 9.53 Å². The maximum Gasteiger partial charge on any atom is 0.407 e. The second-order valence-electron chi connectivity index (χ2n) is 5.45. The van der Waals surface area contributed by atoms with E-state index in [9.17, 15) is 9.59 Å². The molecule has 104 valence electrons. The predicted molar refractivity (Wildman–Crippen MR) is 68.3 cm³/mol. The standard InChI is InChI=1S/C12H23N3O3/c1-12(2,3)18-11(17)14-7-6-13-8-10(16)15-9-4-5-9/h9,13H,4-8H2,1-3H3,(H,14,17)(H,15,16). The van der Waals surface area contributed by atoms with Crippen molar-refractivity contribution in [1.29, 1.82) is 0 Å². The summed E-state index contributed by atoms with van der Waals surface area (Å²) < 4.78 is 5.07. The SMILES string of the molecule is CC(C)(C)OC(=O)NCCNCC(=O)NC1CC1. The molecule has 1 aliphatic rings. The van der Waals surface area contributed by atoms with Gasteiger partial charge in [-0.05, 0) is 33.6 Å². The van der Waals surface area contributed by atoms with Gasteiger partial charge < -0.3 is 20.7 Å². The van der Waals surface area contributed by atoms with E-state index < -0.39 is 11.7 Å². The average molecular weight is 257 g/mol. The van der Waals surface area contributed by atoms with E-state index in [4.69, 9.17) is 4.74 Å². The molecule has 1 rings (SSSR count). The molecule has 0 heterocycles. The summed E-state index contributed by atoms with van der Waals surface area (Å²) in [6.07, 6.45) is 1.74. The Bertz CT molecular complexity index is 295. The number of hydrogen-bond acceptors (Lipinski definition) is 4. The Morgan fingerprint density at radius 3 is 2.44 bits per heavy atom. The molecule has 6 heteroatoms. The predicted octanol–water partition coefficient (Wildman–Crippen LogP) is 0.379. The van der Waals surface area contributed by atoms with Gasteiger partial charge in [-0.1, -0.05) is 0 Å². The molecule has 0 radical (unpaired) electrons. The van der Waals surface area contributed by atoms with Crippen molar-refractivity contribution < 1.29 is 14.3 Å². The maximum absolute atomic E-state index is 11.3. The smallest absolute Gasteiger partial charge is 0.407 e. The van der Waals surface area contributed by atoms with Crippen LogP contribution in [0.5, 0.6) is 0 Å². The normalized spacial score (nSPS) is 15.1. The van der Waals surface area contributed by atoms with Crippen molar-refractivity contribution in [3.8, 4) is 0 Å². The number of alkyl carbamates (subject to hydrolysis) is 1. The molecule has 1 fully saturated rings. The second kappa shape index (κ2) is 6.58. The van der Waals surface area contributed by atoms with Gasteiger partial charge in [0, 0.05) is 19.1 Å². The molecule has 6 nitrogen and oxygen atoms in total. The summed E-state index contributed by atoms with van der Waals surface area (Å²) in [4.78, 5) is 22.6. The highest BCUT2D eigenvalue weighted by Gasteiger charge is 2.22. The highest BCUT2D eigenvalue weighted by molar-refractivity contribution is 5.78. The van der Waals surface area contributed by atoms with E-state index in [1.54, 1.807) is 0 Å². The first kappa shape index (κ1) is 14.8. The van der Waals surface area contributed by atoms with Gasteiger partial charge in [0.05, 0.1) is 6.54 Å². The number of hydrogen-bond donors (Lipinski definition) is 3. The number of carbonyl (C=O) groups excluding carboxylic acids is 2. The van der Waals surface area contributed by atoms with Crippen LogP contribution in [0.2, 0.25) is 0 Å². The van der Waals surface area contributed by atoms with Gasteiger partial charge in [-0.3, -0.25) is 4.79 Å². The molecule has 0 unspecified atom stereocenters. The molecule has 0 bridgehead atoms. The van der Waals surface area contributed by atoms with E-state index in [2.05, 4.69) is 16.0 Å². The zero-order chi connectivity index (χ0) is 13.6. The Labute approximate surface area is 108 Å². The molecule has 1 saturated carbocycles. The van der Waals surface area contributed by atoms with E-state index >= 15 is 0 Å². The third-order valence-corrected chi connectivity index (χ3v) is 2.20. The van der Waals surface area contributed by atoms with Crippen molar-refractivity contribution in [2.24, 2.45) is 0 Å². The lowest BCUT2D eigenvalue weighted by atomic mass is 10.2. The van der Waals surface area contributed by atoms with Gasteiger partial charge in [-0.15, -0.1) is 0 Å². The molecule has 3 N–H and O–H groups in total. The number of ether oxygens (including phenoxy) is 1. The topological polar surface area (TPSA) is 79.5 Å². The third kappa shape index (κ3) is 7.89. The monoisotopic (exact) mass is 257 g/mol. The van der Waals surface area contributed by atoms with Crippen LogP contribution in [0, 0.1) is 0 Å². The molecule has 0 aromatic heterocycles. The number of amides is 2. The fraction of sp³-hybridized carbons (Fsp3) is 0.833. The molecule has 2 amide bonds. The maximum atomic E-state index is 11.3. The minimum Gasteiger partial charge on any atom is -0.444 e. The van der Waals surface area contributed by atoms with Gasteiger partial charge in [0.15, 0.2) is 0 Å². The summed E-state index contributed by atoms with van der Waals surface area (Å²) in [7, 11) is 0. The molecule has 18 heavy (non-hydrogen) atoms. The van der Waals surface area contributed by atoms with Gasteiger partial charge in [-0.25, -0.2) is 4.79 Å². The van der Waals surface area contributed by atoms with E-state index in [-0.39, 0.29) is 12.5 Å². The van der Waals surface area contributed by atoms with Crippen LogP contribution in [0.25, 0.3) is 0 Å². The van der Waals surface area contributed by atoms with Gasteiger partial charge in [-0.2, -0.15) is 0 Å². The van der Waals surface area contributed by atoms with Gasteiger partial charge in [0.2, 0.25) is 5.91 Å². The molecule has 0 spiro atoms. The molecule has 0 atom stereocenters. The Morgan fingerprint density at radius 1 is 1.22 bits per heavy atom. The fourth-order valence-corrected chi connectivity index (χ4v) is 1.28. The Kier molecular flexibility index (Phi) is 5.40. The lowest BCUT2D eigenvalue weighted by Gasteiger charge is -2.19. The van der Waals surface area contributed by atoms with Crippen LogP contribution < -0.4 is 16.0 Å². The van der Waals surface area contributed by atoms with Crippen LogP contribution in [0.3, 0.4) is 0 Å². The van der Waals surface area contributed by atoms with Crippen LogP contribution in [0.15, 0.2) is 0 Å². The lowest BCUT2D eigenvalue weighted by Crippen LogP contribution is -2.40. The fourth-order valence-electron chi connectivity index (χ4n) is 1.28. The molecule has 0 saturated heterocycles. The molecule has 0 aliphatic heterocycles. The summed E-state index contributed by atoms with van der Waals surface area (Å²) in [6.45, 7) is 6.70. The van der Waals surface area contributed by atoms with Crippen LogP contribution in [0.1, 0.15) is 33.6 Å². The summed E-state index contributed by atoms with van der Waals surface area (Å²) in [5.41, 5.74) is -0.484. The first-order valence-corrected chi connectivity index (χ1v) is 6.34. The van der Waals surface area contributed by atoms with E-state index in [0.717, 1.165) is 12.8 Å². The molecular weight excluding hydrogens is 234 g/mol. The van der Waals surface area contributed by atoms with Gasteiger partial charge in [0.1, 0.15) is 5.60 Å². The Morgan fingerprint density at radius 2 is 1.89 bits per heavy atom. The Balaban J connectivity index is 1.94. The van der Waals surface area contributed by atoms with Crippen LogP contribution in [0.4, 0.5) is 4.79 Å².